The van der Waals surface area contributed by atoms with E-state index in [1.165, 1.54) is 37.8 Å². The van der Waals surface area contributed by atoms with Crippen LogP contribution >= 0.6 is 58.2 Å². The summed E-state index contributed by atoms with van der Waals surface area (Å²) in [4.78, 5) is 68.6. The number of ether oxygens (including phenoxy) is 2. The third-order valence-electron chi connectivity index (χ3n) is 12.1. The van der Waals surface area contributed by atoms with Crippen molar-refractivity contribution in [1.82, 2.24) is 29.6 Å². The van der Waals surface area contributed by atoms with Crippen LogP contribution in [0, 0.1) is 0 Å². The van der Waals surface area contributed by atoms with Crippen LogP contribution in [0.5, 0.6) is 11.5 Å². The number of piperazine rings is 2. The highest BCUT2D eigenvalue weighted by Crippen LogP contribution is 2.51. The molecule has 0 saturated carbocycles. The van der Waals surface area contributed by atoms with Crippen LogP contribution in [-0.2, 0) is 19.2 Å². The first-order chi connectivity index (χ1) is 33.3. The summed E-state index contributed by atoms with van der Waals surface area (Å²) in [6.45, 7) is 10.9. The highest BCUT2D eigenvalue weighted by molar-refractivity contribution is 7.99. The van der Waals surface area contributed by atoms with Gasteiger partial charge in [0.2, 0.25) is 23.6 Å². The normalized spacial score (nSPS) is 14.4. The largest absolute Gasteiger partial charge is 0.491 e. The number of rotatable bonds is 12. The predicted molar refractivity (Wildman–Crippen MR) is 277 cm³/mol. The quantitative estimate of drug-likeness (QED) is 0.110. The van der Waals surface area contributed by atoms with Gasteiger partial charge in [0, 0.05) is 134 Å². The van der Waals surface area contributed by atoms with Gasteiger partial charge in [0.05, 0.1) is 33.3 Å². The summed E-state index contributed by atoms with van der Waals surface area (Å²) >= 11 is 30.5. The molecule has 0 aliphatic carbocycles. The molecule has 12 nitrogen and oxygen atoms in total. The zero-order valence-corrected chi connectivity index (χ0v) is 42.2. The first-order valence-corrected chi connectivity index (χ1v) is 24.8. The Hall–Kier alpha value is -5.83. The summed E-state index contributed by atoms with van der Waals surface area (Å²) in [7, 11) is 0. The second-order valence-corrected chi connectivity index (χ2v) is 18.9. The van der Waals surface area contributed by atoms with Crippen LogP contribution in [0.3, 0.4) is 0 Å². The number of hydrogen-bond acceptors (Lipinski definition) is 9. The highest BCUT2D eigenvalue weighted by atomic mass is 35.5. The molecule has 2 aromatic heterocycles. The van der Waals surface area contributed by atoms with E-state index >= 15 is 0 Å². The Morgan fingerprint density at radius 2 is 0.957 bits per heavy atom. The van der Waals surface area contributed by atoms with Crippen molar-refractivity contribution in [2.24, 2.45) is 0 Å². The Labute approximate surface area is 424 Å². The molecule has 0 unspecified atom stereocenters. The average Bonchev–Trinajstić information content (AvgIpc) is 3.35. The van der Waals surface area contributed by atoms with E-state index in [0.29, 0.717) is 162 Å². The first kappa shape index (κ1) is 49.6. The number of fused-ring (bicyclic) bond motifs is 2. The molecule has 17 heteroatoms. The van der Waals surface area contributed by atoms with Crippen molar-refractivity contribution in [2.75, 3.05) is 65.6 Å². The van der Waals surface area contributed by atoms with Crippen LogP contribution in [0.1, 0.15) is 38.8 Å². The second-order valence-electron chi connectivity index (χ2n) is 16.3. The lowest BCUT2D eigenvalue weighted by Gasteiger charge is -2.33. The molecule has 2 aliphatic heterocycles. The van der Waals surface area contributed by atoms with Gasteiger partial charge >= 0.3 is 0 Å². The monoisotopic (exact) mass is 1020 g/mol. The van der Waals surface area contributed by atoms with Gasteiger partial charge < -0.3 is 29.1 Å². The minimum absolute atomic E-state index is 0.0239. The van der Waals surface area contributed by atoms with Crippen molar-refractivity contribution in [3.63, 3.8) is 0 Å². The van der Waals surface area contributed by atoms with Gasteiger partial charge in [0.1, 0.15) is 11.0 Å². The van der Waals surface area contributed by atoms with E-state index < -0.39 is 0 Å². The number of nitrogens with zero attached hydrogens (tertiary/aromatic N) is 6. The van der Waals surface area contributed by atoms with E-state index in [1.54, 1.807) is 68.4 Å². The number of carbonyl (C=O) groups is 4. The fraction of sp³-hybridized carbons (Fsp3) is 0.269. The SMILES string of the molecule is CCOc1c(-c2c(C=CC(=O)N3CCN(C(C)=O)CC3)ccc(Sc3ccc(C=CC(=O)N4CCN(C(C)=O)CC4)c(-c4cc(Cl)c5cccnc5c4OCC)c3Cl)c2Cl)cc(Cl)c2cccnc12. The van der Waals surface area contributed by atoms with Crippen molar-refractivity contribution in [2.45, 2.75) is 37.5 Å². The van der Waals surface area contributed by atoms with Crippen molar-refractivity contribution >= 4 is 116 Å². The van der Waals surface area contributed by atoms with Gasteiger partial charge in [-0.15, -0.1) is 0 Å². The van der Waals surface area contributed by atoms with Crippen LogP contribution in [-0.4, -0.2) is 119 Å². The van der Waals surface area contributed by atoms with Crippen LogP contribution in [0.2, 0.25) is 20.1 Å². The Morgan fingerprint density at radius 3 is 1.32 bits per heavy atom. The first-order valence-electron chi connectivity index (χ1n) is 22.5. The molecule has 0 spiro atoms. The van der Waals surface area contributed by atoms with E-state index in [1.807, 2.05) is 50.2 Å². The highest BCUT2D eigenvalue weighted by Gasteiger charge is 2.27. The number of aromatic nitrogens is 2. The lowest BCUT2D eigenvalue weighted by molar-refractivity contribution is -0.135. The van der Waals surface area contributed by atoms with Crippen LogP contribution in [0.15, 0.2) is 95.0 Å². The molecule has 356 valence electrons. The Kier molecular flexibility index (Phi) is 15.7. The fourth-order valence-corrected chi connectivity index (χ4v) is 10.8. The zero-order valence-electron chi connectivity index (χ0n) is 38.4. The van der Waals surface area contributed by atoms with Crippen LogP contribution in [0.4, 0.5) is 0 Å². The molecule has 4 heterocycles. The Bertz CT molecular complexity index is 2860. The summed E-state index contributed by atoms with van der Waals surface area (Å²) in [5, 5.41) is 2.93. The zero-order chi connectivity index (χ0) is 48.9. The van der Waals surface area contributed by atoms with Gasteiger partial charge in [-0.25, -0.2) is 0 Å². The number of pyridine rings is 2. The van der Waals surface area contributed by atoms with E-state index in [9.17, 15) is 19.2 Å². The predicted octanol–water partition coefficient (Wildman–Crippen LogP) is 11.1. The maximum absolute atomic E-state index is 13.6. The van der Waals surface area contributed by atoms with Gasteiger partial charge in [-0.2, -0.15) is 0 Å². The minimum Gasteiger partial charge on any atom is -0.491 e. The maximum Gasteiger partial charge on any atom is 0.246 e. The molecule has 2 fully saturated rings. The standard InChI is InChI=1S/C52H48Cl4N6O6S/c1-5-67-51-37(29-39(53)35-9-7-19-57-49(35)51)45-33(13-17-43(65)61-25-21-59(22-26-61)31(3)63)11-15-41(47(45)55)69-42-16-12-34(14-18-44(66)62-27-23-60(24-28-62)32(4)64)46(48(42)56)38-30-40(54)36-10-8-20-58-50(36)52(38)68-6-2/h7-20,29-30H,5-6,21-28H2,1-4H3. The summed E-state index contributed by atoms with van der Waals surface area (Å²) in [5.74, 6) is 0.485. The number of halogens is 4. The number of amides is 4. The lowest BCUT2D eigenvalue weighted by atomic mass is 9.96. The average molecular weight is 1030 g/mol. The molecular weight excluding hydrogens is 978 g/mol. The van der Waals surface area contributed by atoms with E-state index in [0.717, 1.165) is 0 Å². The minimum atomic E-state index is -0.205. The summed E-state index contributed by atoms with van der Waals surface area (Å²) in [6.07, 6.45) is 9.82. The Balaban J connectivity index is 1.25. The number of hydrogen-bond donors (Lipinski definition) is 0. The molecule has 2 aliphatic rings. The Morgan fingerprint density at radius 1 is 0.580 bits per heavy atom. The van der Waals surface area contributed by atoms with Gasteiger partial charge in [-0.1, -0.05) is 70.3 Å². The molecule has 8 rings (SSSR count). The molecule has 0 N–H and O–H groups in total. The van der Waals surface area contributed by atoms with Crippen LogP contribution < -0.4 is 9.47 Å². The van der Waals surface area contributed by atoms with E-state index in [-0.39, 0.29) is 23.6 Å². The maximum atomic E-state index is 13.6. The molecule has 0 bridgehead atoms. The van der Waals surface area contributed by atoms with Crippen molar-refractivity contribution < 1.29 is 28.7 Å². The van der Waals surface area contributed by atoms with Crippen molar-refractivity contribution in [1.29, 1.82) is 0 Å². The van der Waals surface area contributed by atoms with Gasteiger partial charge in [0.25, 0.3) is 0 Å². The van der Waals surface area contributed by atoms with Crippen molar-refractivity contribution in [3.05, 3.63) is 116 Å². The second kappa shape index (κ2) is 21.9. The smallest absolute Gasteiger partial charge is 0.246 e. The summed E-state index contributed by atoms with van der Waals surface area (Å²) in [6, 6.07) is 18.4. The molecule has 4 aromatic carbocycles. The topological polar surface area (TPSA) is 125 Å². The third kappa shape index (κ3) is 10.5. The van der Waals surface area contributed by atoms with Gasteiger partial charge in [-0.3, -0.25) is 29.1 Å². The van der Waals surface area contributed by atoms with Gasteiger partial charge in [-0.05, 0) is 85.7 Å². The molecule has 2 saturated heterocycles. The number of carbonyl (C=O) groups excluding carboxylic acids is 4. The molecule has 0 atom stereocenters. The fourth-order valence-electron chi connectivity index (χ4n) is 8.57. The molecule has 69 heavy (non-hydrogen) atoms. The third-order valence-corrected chi connectivity index (χ3v) is 14.8. The van der Waals surface area contributed by atoms with Crippen molar-refractivity contribution in [3.8, 4) is 33.8 Å². The molecule has 6 aromatic rings. The number of benzene rings is 4. The van der Waals surface area contributed by atoms with Crippen LogP contribution in [0.25, 0.3) is 56.2 Å². The summed E-state index contributed by atoms with van der Waals surface area (Å²) < 4.78 is 12.6. The molecular formula is C52H48Cl4N6O6S. The molecule has 0 radical (unpaired) electrons. The van der Waals surface area contributed by atoms with E-state index in [4.69, 9.17) is 55.9 Å². The summed E-state index contributed by atoms with van der Waals surface area (Å²) in [5.41, 5.74) is 4.57. The lowest BCUT2D eigenvalue weighted by Crippen LogP contribution is -2.49. The van der Waals surface area contributed by atoms with Gasteiger partial charge in [0.15, 0.2) is 11.5 Å². The molecule has 4 amide bonds. The van der Waals surface area contributed by atoms with E-state index in [2.05, 4.69) is 9.97 Å².